The van der Waals surface area contributed by atoms with Gasteiger partial charge in [0.1, 0.15) is 0 Å². The molecule has 1 heterocycles. The summed E-state index contributed by atoms with van der Waals surface area (Å²) < 4.78 is 1.14. The summed E-state index contributed by atoms with van der Waals surface area (Å²) in [5.74, 6) is 0.0861. The first-order valence-corrected chi connectivity index (χ1v) is 7.66. The normalized spacial score (nSPS) is 10.3. The highest BCUT2D eigenvalue weighted by atomic mass is 127. The Balaban J connectivity index is 1.94. The molecular formula is C14H14INOS. The summed E-state index contributed by atoms with van der Waals surface area (Å²) in [6.45, 7) is 0.755. The molecule has 1 aromatic carbocycles. The van der Waals surface area contributed by atoms with E-state index in [2.05, 4.69) is 34.0 Å². The number of carbonyl (C=O) groups is 1. The minimum Gasteiger partial charge on any atom is -0.341 e. The lowest BCUT2D eigenvalue weighted by Gasteiger charge is -2.16. The smallest absolute Gasteiger partial charge is 0.253 e. The van der Waals surface area contributed by atoms with E-state index in [1.807, 2.05) is 37.4 Å². The number of hydrogen-bond acceptors (Lipinski definition) is 2. The van der Waals surface area contributed by atoms with Gasteiger partial charge in [0.15, 0.2) is 0 Å². The highest BCUT2D eigenvalue weighted by Gasteiger charge is 2.11. The van der Waals surface area contributed by atoms with Crippen molar-refractivity contribution in [1.29, 1.82) is 0 Å². The van der Waals surface area contributed by atoms with Crippen LogP contribution in [0.1, 0.15) is 15.2 Å². The summed E-state index contributed by atoms with van der Waals surface area (Å²) in [5.41, 5.74) is 0.754. The molecule has 0 aliphatic heterocycles. The van der Waals surface area contributed by atoms with Gasteiger partial charge in [0.2, 0.25) is 0 Å². The van der Waals surface area contributed by atoms with E-state index in [1.165, 1.54) is 4.88 Å². The van der Waals surface area contributed by atoms with Gasteiger partial charge in [-0.2, -0.15) is 0 Å². The van der Waals surface area contributed by atoms with Crippen LogP contribution in [-0.4, -0.2) is 24.4 Å². The average Bonchev–Trinajstić information content (AvgIpc) is 2.89. The second-order valence-corrected chi connectivity index (χ2v) is 6.34. The minimum atomic E-state index is 0.0861. The number of halogens is 1. The van der Waals surface area contributed by atoms with Crippen LogP contribution in [0.25, 0.3) is 0 Å². The molecule has 0 saturated heterocycles. The van der Waals surface area contributed by atoms with E-state index in [-0.39, 0.29) is 5.91 Å². The molecule has 1 amide bonds. The van der Waals surface area contributed by atoms with Crippen LogP contribution in [0, 0.1) is 3.57 Å². The lowest BCUT2D eigenvalue weighted by atomic mass is 10.2. The highest BCUT2D eigenvalue weighted by Crippen LogP contribution is 2.12. The van der Waals surface area contributed by atoms with Gasteiger partial charge in [-0.05, 0) is 64.7 Å². The summed E-state index contributed by atoms with van der Waals surface area (Å²) in [4.78, 5) is 15.2. The standard InChI is InChI=1S/C14H14INOS/c1-16(9-8-13-3-2-10-18-13)14(17)11-4-6-12(15)7-5-11/h2-7,10H,8-9H2,1H3. The quantitative estimate of drug-likeness (QED) is 0.752. The molecule has 0 radical (unpaired) electrons. The molecule has 2 nitrogen and oxygen atoms in total. The first-order chi connectivity index (χ1) is 8.66. The van der Waals surface area contributed by atoms with E-state index in [0.717, 1.165) is 22.1 Å². The summed E-state index contributed by atoms with van der Waals surface area (Å²) in [6.07, 6.45) is 0.921. The van der Waals surface area contributed by atoms with Crippen molar-refractivity contribution in [2.45, 2.75) is 6.42 Å². The molecule has 2 rings (SSSR count). The van der Waals surface area contributed by atoms with Gasteiger partial charge in [0.05, 0.1) is 0 Å². The molecule has 0 aliphatic carbocycles. The largest absolute Gasteiger partial charge is 0.341 e. The average molecular weight is 371 g/mol. The Kier molecular flexibility index (Phi) is 4.77. The van der Waals surface area contributed by atoms with Gasteiger partial charge in [0, 0.05) is 27.6 Å². The zero-order valence-corrected chi connectivity index (χ0v) is 13.1. The van der Waals surface area contributed by atoms with Gasteiger partial charge in [-0.15, -0.1) is 11.3 Å². The van der Waals surface area contributed by atoms with Crippen LogP contribution in [0.4, 0.5) is 0 Å². The molecular weight excluding hydrogens is 357 g/mol. The third-order valence-corrected chi connectivity index (χ3v) is 4.37. The van der Waals surface area contributed by atoms with Crippen molar-refractivity contribution in [2.75, 3.05) is 13.6 Å². The van der Waals surface area contributed by atoms with Crippen molar-refractivity contribution in [3.63, 3.8) is 0 Å². The summed E-state index contributed by atoms with van der Waals surface area (Å²) in [5, 5.41) is 2.07. The maximum atomic E-state index is 12.1. The maximum Gasteiger partial charge on any atom is 0.253 e. The third kappa shape index (κ3) is 3.55. The maximum absolute atomic E-state index is 12.1. The molecule has 0 fully saturated rings. The Morgan fingerprint density at radius 3 is 2.61 bits per heavy atom. The van der Waals surface area contributed by atoms with E-state index in [0.29, 0.717) is 0 Å². The molecule has 1 aromatic heterocycles. The van der Waals surface area contributed by atoms with Crippen molar-refractivity contribution in [3.8, 4) is 0 Å². The number of thiophene rings is 1. The fraction of sp³-hybridized carbons (Fsp3) is 0.214. The monoisotopic (exact) mass is 371 g/mol. The SMILES string of the molecule is CN(CCc1cccs1)C(=O)c1ccc(I)cc1. The molecule has 0 N–H and O–H groups in total. The molecule has 0 aliphatic rings. The Labute approximate surface area is 125 Å². The van der Waals surface area contributed by atoms with Gasteiger partial charge in [-0.25, -0.2) is 0 Å². The number of hydrogen-bond donors (Lipinski definition) is 0. The number of likely N-dealkylation sites (N-methyl/N-ethyl adjacent to an activating group) is 1. The fourth-order valence-electron chi connectivity index (χ4n) is 1.65. The number of benzene rings is 1. The van der Waals surface area contributed by atoms with Crippen molar-refractivity contribution < 1.29 is 4.79 Å². The lowest BCUT2D eigenvalue weighted by molar-refractivity contribution is 0.0797. The number of nitrogens with zero attached hydrogens (tertiary/aromatic N) is 1. The molecule has 18 heavy (non-hydrogen) atoms. The molecule has 94 valence electrons. The molecule has 0 atom stereocenters. The van der Waals surface area contributed by atoms with Gasteiger partial charge in [-0.1, -0.05) is 6.07 Å². The minimum absolute atomic E-state index is 0.0861. The highest BCUT2D eigenvalue weighted by molar-refractivity contribution is 14.1. The second kappa shape index (κ2) is 6.33. The molecule has 2 aromatic rings. The Morgan fingerprint density at radius 1 is 1.28 bits per heavy atom. The second-order valence-electron chi connectivity index (χ2n) is 4.06. The van der Waals surface area contributed by atoms with Crippen LogP contribution in [0.5, 0.6) is 0 Å². The van der Waals surface area contributed by atoms with Gasteiger partial charge in [-0.3, -0.25) is 4.79 Å². The predicted molar refractivity (Wildman–Crippen MR) is 84.1 cm³/mol. The zero-order chi connectivity index (χ0) is 13.0. The third-order valence-electron chi connectivity index (χ3n) is 2.71. The van der Waals surface area contributed by atoms with E-state index >= 15 is 0 Å². The van der Waals surface area contributed by atoms with Crippen molar-refractivity contribution >= 4 is 39.8 Å². The van der Waals surface area contributed by atoms with Gasteiger partial charge >= 0.3 is 0 Å². The van der Waals surface area contributed by atoms with Gasteiger partial charge in [0.25, 0.3) is 5.91 Å². The molecule has 0 bridgehead atoms. The van der Waals surface area contributed by atoms with E-state index in [4.69, 9.17) is 0 Å². The topological polar surface area (TPSA) is 20.3 Å². The molecule has 4 heteroatoms. The van der Waals surface area contributed by atoms with Crippen LogP contribution in [-0.2, 0) is 6.42 Å². The first kappa shape index (κ1) is 13.5. The molecule has 0 spiro atoms. The summed E-state index contributed by atoms with van der Waals surface area (Å²) in [6, 6.07) is 11.8. The lowest BCUT2D eigenvalue weighted by Crippen LogP contribution is -2.28. The first-order valence-electron chi connectivity index (χ1n) is 5.70. The van der Waals surface area contributed by atoms with Crippen molar-refractivity contribution in [3.05, 3.63) is 55.8 Å². The van der Waals surface area contributed by atoms with E-state index in [1.54, 1.807) is 16.2 Å². The predicted octanol–water partition coefficient (Wildman–Crippen LogP) is 3.67. The number of rotatable bonds is 4. The van der Waals surface area contributed by atoms with E-state index in [9.17, 15) is 4.79 Å². The van der Waals surface area contributed by atoms with Crippen molar-refractivity contribution in [1.82, 2.24) is 4.90 Å². The van der Waals surface area contributed by atoms with Crippen LogP contribution < -0.4 is 0 Å². The van der Waals surface area contributed by atoms with E-state index < -0.39 is 0 Å². The summed E-state index contributed by atoms with van der Waals surface area (Å²) in [7, 11) is 1.86. The number of carbonyl (C=O) groups excluding carboxylic acids is 1. The van der Waals surface area contributed by atoms with Crippen LogP contribution in [0.2, 0.25) is 0 Å². The van der Waals surface area contributed by atoms with Gasteiger partial charge < -0.3 is 4.90 Å². The van der Waals surface area contributed by atoms with Crippen LogP contribution in [0.15, 0.2) is 41.8 Å². The van der Waals surface area contributed by atoms with Crippen LogP contribution in [0.3, 0.4) is 0 Å². The Hall–Kier alpha value is -0.880. The zero-order valence-electron chi connectivity index (χ0n) is 10.1. The Bertz CT molecular complexity index is 507. The Morgan fingerprint density at radius 2 is 2.00 bits per heavy atom. The summed E-state index contributed by atoms with van der Waals surface area (Å²) >= 11 is 3.97. The van der Waals surface area contributed by atoms with Crippen molar-refractivity contribution in [2.24, 2.45) is 0 Å². The molecule has 0 saturated carbocycles. The molecule has 0 unspecified atom stereocenters. The fourth-order valence-corrected chi connectivity index (χ4v) is 2.70. The number of amides is 1. The van der Waals surface area contributed by atoms with Crippen LogP contribution >= 0.6 is 33.9 Å².